The Bertz CT molecular complexity index is 915. The van der Waals surface area contributed by atoms with Crippen LogP contribution in [0.1, 0.15) is 11.7 Å². The highest BCUT2D eigenvalue weighted by Crippen LogP contribution is 2.35. The van der Waals surface area contributed by atoms with Gasteiger partial charge in [0.1, 0.15) is 0 Å². The molecule has 7 nitrogen and oxygen atoms in total. The summed E-state index contributed by atoms with van der Waals surface area (Å²) in [5.41, 5.74) is 8.26. The van der Waals surface area contributed by atoms with Gasteiger partial charge in [0.05, 0.1) is 11.0 Å². The molecule has 1 unspecified atom stereocenters. The van der Waals surface area contributed by atoms with E-state index in [9.17, 15) is 10.2 Å². The lowest BCUT2D eigenvalue weighted by Gasteiger charge is -2.24. The summed E-state index contributed by atoms with van der Waals surface area (Å²) < 4.78 is 1.90. The Hall–Kier alpha value is -3.22. The van der Waals surface area contributed by atoms with E-state index >= 15 is 0 Å². The van der Waals surface area contributed by atoms with Gasteiger partial charge < -0.3 is 15.9 Å². The number of benzene rings is 2. The molecule has 1 aliphatic heterocycles. The monoisotopic (exact) mass is 295 g/mol. The van der Waals surface area contributed by atoms with Gasteiger partial charge in [0, 0.05) is 5.56 Å². The van der Waals surface area contributed by atoms with E-state index in [2.05, 4.69) is 15.3 Å². The molecule has 0 spiro atoms. The average molecular weight is 295 g/mol. The first-order chi connectivity index (χ1) is 10.6. The molecular formula is C15H13N5O2. The van der Waals surface area contributed by atoms with Crippen LogP contribution < -0.4 is 11.1 Å². The number of nitrogens with one attached hydrogen (secondary N) is 1. The molecule has 2 aromatic carbocycles. The van der Waals surface area contributed by atoms with Crippen molar-refractivity contribution in [1.82, 2.24) is 9.55 Å². The fraction of sp³-hybridized carbons (Fsp3) is 0.0667. The highest BCUT2D eigenvalue weighted by molar-refractivity contribution is 5.94. The van der Waals surface area contributed by atoms with Gasteiger partial charge in [-0.25, -0.2) is 9.98 Å². The fourth-order valence-corrected chi connectivity index (χ4v) is 2.64. The highest BCUT2D eigenvalue weighted by Gasteiger charge is 2.25. The number of hydrogen-bond donors (Lipinski definition) is 4. The maximum Gasteiger partial charge on any atom is 0.212 e. The number of anilines is 1. The zero-order valence-corrected chi connectivity index (χ0v) is 11.4. The van der Waals surface area contributed by atoms with E-state index in [0.29, 0.717) is 11.5 Å². The number of para-hydroxylation sites is 2. The zero-order valence-electron chi connectivity index (χ0n) is 11.4. The largest absolute Gasteiger partial charge is 0.504 e. The molecule has 0 aliphatic carbocycles. The summed E-state index contributed by atoms with van der Waals surface area (Å²) in [5, 5.41) is 22.2. The number of aromatic nitrogens is 2. The Morgan fingerprint density at radius 2 is 1.91 bits per heavy atom. The summed E-state index contributed by atoms with van der Waals surface area (Å²) >= 11 is 0. The van der Waals surface area contributed by atoms with Crippen LogP contribution in [0.5, 0.6) is 11.5 Å². The van der Waals surface area contributed by atoms with Gasteiger partial charge in [-0.15, -0.1) is 0 Å². The quantitative estimate of drug-likeness (QED) is 0.511. The number of imidazole rings is 1. The third-order valence-corrected chi connectivity index (χ3v) is 3.64. The van der Waals surface area contributed by atoms with E-state index in [0.717, 1.165) is 11.0 Å². The van der Waals surface area contributed by atoms with E-state index in [4.69, 9.17) is 5.73 Å². The third-order valence-electron chi connectivity index (χ3n) is 3.64. The molecule has 1 atom stereocenters. The number of aromatic hydroxyl groups is 2. The van der Waals surface area contributed by atoms with Crippen LogP contribution in [-0.4, -0.2) is 25.7 Å². The van der Waals surface area contributed by atoms with Crippen LogP contribution in [0.3, 0.4) is 0 Å². The molecule has 2 heterocycles. The second-order valence-corrected chi connectivity index (χ2v) is 5.06. The number of nitrogens with two attached hydrogens (primary N) is 1. The van der Waals surface area contributed by atoms with E-state index in [1.165, 1.54) is 12.1 Å². The van der Waals surface area contributed by atoms with Crippen molar-refractivity contribution in [3.05, 3.63) is 48.0 Å². The van der Waals surface area contributed by atoms with Crippen LogP contribution in [0.15, 0.2) is 47.5 Å². The second-order valence-electron chi connectivity index (χ2n) is 5.06. The number of phenols is 2. The molecule has 1 aliphatic rings. The predicted molar refractivity (Wildman–Crippen MR) is 82.9 cm³/mol. The van der Waals surface area contributed by atoms with Crippen LogP contribution in [0.2, 0.25) is 0 Å². The van der Waals surface area contributed by atoms with Crippen LogP contribution in [0, 0.1) is 0 Å². The number of guanidine groups is 1. The van der Waals surface area contributed by atoms with Crippen molar-refractivity contribution in [2.75, 3.05) is 5.32 Å². The zero-order chi connectivity index (χ0) is 15.3. The summed E-state index contributed by atoms with van der Waals surface area (Å²) in [5.74, 6) is 0.466. The van der Waals surface area contributed by atoms with Gasteiger partial charge in [0.2, 0.25) is 5.95 Å². The molecule has 0 bridgehead atoms. The maximum atomic E-state index is 9.74. The van der Waals surface area contributed by atoms with Gasteiger partial charge in [-0.3, -0.25) is 9.88 Å². The lowest BCUT2D eigenvalue weighted by Crippen LogP contribution is -2.31. The van der Waals surface area contributed by atoms with Gasteiger partial charge in [0.15, 0.2) is 23.6 Å². The fourth-order valence-electron chi connectivity index (χ4n) is 2.64. The van der Waals surface area contributed by atoms with Crippen LogP contribution in [-0.2, 0) is 0 Å². The summed E-state index contributed by atoms with van der Waals surface area (Å²) in [6.45, 7) is 0. The number of phenolic OH excluding ortho intramolecular Hbond substituents is 2. The van der Waals surface area contributed by atoms with Crippen LogP contribution in [0.4, 0.5) is 5.95 Å². The Morgan fingerprint density at radius 3 is 2.73 bits per heavy atom. The van der Waals surface area contributed by atoms with Gasteiger partial charge in [-0.1, -0.05) is 18.2 Å². The Balaban J connectivity index is 1.96. The topological polar surface area (TPSA) is 109 Å². The lowest BCUT2D eigenvalue weighted by atomic mass is 10.1. The first-order valence-electron chi connectivity index (χ1n) is 6.72. The summed E-state index contributed by atoms with van der Waals surface area (Å²) in [6, 6.07) is 12.3. The van der Waals surface area contributed by atoms with Gasteiger partial charge >= 0.3 is 0 Å². The highest BCUT2D eigenvalue weighted by atomic mass is 16.3. The van der Waals surface area contributed by atoms with Crippen molar-refractivity contribution in [3.63, 3.8) is 0 Å². The molecule has 0 saturated heterocycles. The molecule has 7 heteroatoms. The average Bonchev–Trinajstić information content (AvgIpc) is 2.87. The molecule has 5 N–H and O–H groups in total. The number of aliphatic imine (C=N–C) groups is 1. The molecule has 0 saturated carbocycles. The van der Waals surface area contributed by atoms with Crippen molar-refractivity contribution in [3.8, 4) is 11.5 Å². The van der Waals surface area contributed by atoms with Crippen LogP contribution >= 0.6 is 0 Å². The van der Waals surface area contributed by atoms with Crippen molar-refractivity contribution in [1.29, 1.82) is 0 Å². The molecule has 0 fully saturated rings. The van der Waals surface area contributed by atoms with Crippen molar-refractivity contribution >= 4 is 22.9 Å². The first kappa shape index (κ1) is 12.5. The van der Waals surface area contributed by atoms with E-state index in [1.54, 1.807) is 6.07 Å². The van der Waals surface area contributed by atoms with Crippen molar-refractivity contribution in [2.45, 2.75) is 6.17 Å². The standard InChI is InChI=1S/C15H13N5O2/c16-14-18-13(8-5-6-11(21)12(22)7-8)20-10-4-2-1-3-9(10)17-15(20)19-14/h1-7,13,21-22H,(H3,16,17,18,19). The number of fused-ring (bicyclic) bond motifs is 3. The normalized spacial score (nSPS) is 16.9. The smallest absolute Gasteiger partial charge is 0.212 e. The minimum Gasteiger partial charge on any atom is -0.504 e. The molecule has 4 rings (SSSR count). The Labute approximate surface area is 125 Å². The summed E-state index contributed by atoms with van der Waals surface area (Å²) in [4.78, 5) is 8.90. The SMILES string of the molecule is NC1=NC(c2ccc(O)c(O)c2)n2c(nc3ccccc32)N1. The molecular weight excluding hydrogens is 282 g/mol. The molecule has 22 heavy (non-hydrogen) atoms. The molecule has 110 valence electrons. The van der Waals surface area contributed by atoms with Gasteiger partial charge in [0.25, 0.3) is 0 Å². The summed E-state index contributed by atoms with van der Waals surface area (Å²) in [7, 11) is 0. The van der Waals surface area contributed by atoms with Gasteiger partial charge in [-0.05, 0) is 24.3 Å². The number of rotatable bonds is 1. The van der Waals surface area contributed by atoms with Crippen molar-refractivity contribution in [2.24, 2.45) is 10.7 Å². The van der Waals surface area contributed by atoms with E-state index < -0.39 is 6.17 Å². The second kappa shape index (κ2) is 4.39. The number of hydrogen-bond acceptors (Lipinski definition) is 6. The van der Waals surface area contributed by atoms with Gasteiger partial charge in [-0.2, -0.15) is 0 Å². The maximum absolute atomic E-state index is 9.74. The van der Waals surface area contributed by atoms with E-state index in [1.807, 2.05) is 28.8 Å². The molecule has 0 radical (unpaired) electrons. The lowest BCUT2D eigenvalue weighted by molar-refractivity contribution is 0.402. The Kier molecular flexibility index (Phi) is 2.50. The van der Waals surface area contributed by atoms with Crippen molar-refractivity contribution < 1.29 is 10.2 Å². The first-order valence-corrected chi connectivity index (χ1v) is 6.72. The van der Waals surface area contributed by atoms with E-state index in [-0.39, 0.29) is 17.5 Å². The Morgan fingerprint density at radius 1 is 1.09 bits per heavy atom. The molecule has 3 aromatic rings. The predicted octanol–water partition coefficient (Wildman–Crippen LogP) is 1.73. The summed E-state index contributed by atoms with van der Waals surface area (Å²) in [6.07, 6.45) is -0.463. The third kappa shape index (κ3) is 1.76. The minimum absolute atomic E-state index is 0.176. The number of nitrogens with zero attached hydrogens (tertiary/aromatic N) is 3. The van der Waals surface area contributed by atoms with Crippen LogP contribution in [0.25, 0.3) is 11.0 Å². The molecule has 1 aromatic heterocycles. The molecule has 0 amide bonds. The minimum atomic E-state index is -0.463.